The molecule has 0 unspecified atom stereocenters. The Morgan fingerprint density at radius 2 is 1.74 bits per heavy atom. The first-order valence-electron chi connectivity index (χ1n) is 9.36. The van der Waals surface area contributed by atoms with Crippen molar-refractivity contribution >= 4 is 23.2 Å². The maximum absolute atomic E-state index is 12.2. The number of alkyl halides is 3. The van der Waals surface area contributed by atoms with Crippen molar-refractivity contribution in [3.05, 3.63) is 39.8 Å². The maximum atomic E-state index is 12.2. The second-order valence-corrected chi connectivity index (χ2v) is 9.06. The second-order valence-electron chi connectivity index (χ2n) is 7.89. The van der Waals surface area contributed by atoms with Gasteiger partial charge in [0.2, 0.25) is 0 Å². The summed E-state index contributed by atoms with van der Waals surface area (Å²) >= 11 is 1.32. The Morgan fingerprint density at radius 3 is 2.29 bits per heavy atom. The summed E-state index contributed by atoms with van der Waals surface area (Å²) in [4.78, 5) is 28.7. The highest BCUT2D eigenvalue weighted by molar-refractivity contribution is 7.11. The molecule has 170 valence electrons. The van der Waals surface area contributed by atoms with Crippen LogP contribution in [0.15, 0.2) is 24.3 Å². The number of rotatable bonds is 9. The number of primary amides is 1. The van der Waals surface area contributed by atoms with Crippen molar-refractivity contribution in [2.75, 3.05) is 6.61 Å². The number of nitrogens with zero attached hydrogens (tertiary/aromatic N) is 1. The van der Waals surface area contributed by atoms with Gasteiger partial charge in [-0.25, -0.2) is 4.98 Å². The summed E-state index contributed by atoms with van der Waals surface area (Å²) in [5, 5.41) is 3.16. The Balaban J connectivity index is 1.86. The molecule has 1 aromatic carbocycles. The summed E-state index contributed by atoms with van der Waals surface area (Å²) in [5.41, 5.74) is 5.71. The third-order valence-corrected chi connectivity index (χ3v) is 5.06. The number of hydrogen-bond acceptors (Lipinski definition) is 6. The predicted molar refractivity (Wildman–Crippen MR) is 109 cm³/mol. The average molecular weight is 459 g/mol. The molecule has 2 amide bonds. The number of carbonyl (C=O) groups is 2. The van der Waals surface area contributed by atoms with Crippen molar-refractivity contribution in [2.45, 2.75) is 46.5 Å². The Morgan fingerprint density at radius 1 is 1.13 bits per heavy atom. The van der Waals surface area contributed by atoms with E-state index in [1.807, 2.05) is 0 Å². The first kappa shape index (κ1) is 24.4. The molecule has 2 rings (SSSR count). The standard InChI is InChI=1S/C20H24F3N3O4S/c1-19(2,3)9-8-14-17(18(24)28)26-16(31-14)10-25-15(27)11-29-12-4-6-13(7-5-12)30-20(21,22)23/h4-7H,8-11H2,1-3H3,(H2,24,28)(H,25,27). The SMILES string of the molecule is CC(C)(C)CCc1sc(CNC(=O)COc2ccc(OC(F)(F)F)cc2)nc1C(N)=O. The highest BCUT2D eigenvalue weighted by atomic mass is 32.1. The van der Waals surface area contributed by atoms with Crippen LogP contribution < -0.4 is 20.5 Å². The predicted octanol–water partition coefficient (Wildman–Crippen LogP) is 3.81. The minimum absolute atomic E-state index is 0.0850. The van der Waals surface area contributed by atoms with Crippen molar-refractivity contribution in [2.24, 2.45) is 11.1 Å². The van der Waals surface area contributed by atoms with Crippen LogP contribution in [0.4, 0.5) is 13.2 Å². The molecular formula is C20H24F3N3O4S. The van der Waals surface area contributed by atoms with E-state index in [1.54, 1.807) is 0 Å². The topological polar surface area (TPSA) is 104 Å². The monoisotopic (exact) mass is 459 g/mol. The molecule has 0 spiro atoms. The third-order valence-electron chi connectivity index (χ3n) is 3.94. The van der Waals surface area contributed by atoms with Crippen LogP contribution in [0, 0.1) is 5.41 Å². The molecule has 0 aliphatic heterocycles. The van der Waals surface area contributed by atoms with Gasteiger partial charge in [-0.05, 0) is 42.5 Å². The first-order chi connectivity index (χ1) is 14.3. The molecule has 0 aliphatic carbocycles. The van der Waals surface area contributed by atoms with Gasteiger partial charge in [0.25, 0.3) is 11.8 Å². The zero-order valence-electron chi connectivity index (χ0n) is 17.3. The number of nitrogens with two attached hydrogens (primary N) is 1. The van der Waals surface area contributed by atoms with Crippen molar-refractivity contribution in [1.29, 1.82) is 0 Å². The van der Waals surface area contributed by atoms with Gasteiger partial charge in [-0.15, -0.1) is 24.5 Å². The molecule has 0 radical (unpaired) electrons. The van der Waals surface area contributed by atoms with Gasteiger partial charge in [0.15, 0.2) is 6.61 Å². The number of aryl methyl sites for hydroxylation is 1. The molecule has 3 N–H and O–H groups in total. The molecule has 0 aliphatic rings. The number of ether oxygens (including phenoxy) is 2. The van der Waals surface area contributed by atoms with E-state index in [2.05, 4.69) is 35.8 Å². The third kappa shape index (κ3) is 8.83. The van der Waals surface area contributed by atoms with E-state index in [0.717, 1.165) is 23.4 Å². The summed E-state index contributed by atoms with van der Waals surface area (Å²) in [5.74, 6) is -1.25. The summed E-state index contributed by atoms with van der Waals surface area (Å²) in [7, 11) is 0. The molecule has 1 heterocycles. The number of benzene rings is 1. The number of halogens is 3. The van der Waals surface area contributed by atoms with Crippen LogP contribution in [0.25, 0.3) is 0 Å². The van der Waals surface area contributed by atoms with Crippen LogP contribution >= 0.6 is 11.3 Å². The Bertz CT molecular complexity index is 906. The van der Waals surface area contributed by atoms with E-state index in [0.29, 0.717) is 11.4 Å². The van der Waals surface area contributed by atoms with Crippen LogP contribution in [0.3, 0.4) is 0 Å². The molecule has 0 bridgehead atoms. The van der Waals surface area contributed by atoms with Gasteiger partial charge >= 0.3 is 6.36 Å². The van der Waals surface area contributed by atoms with Crippen LogP contribution in [0.1, 0.15) is 47.6 Å². The van der Waals surface area contributed by atoms with Crippen molar-refractivity contribution in [1.82, 2.24) is 10.3 Å². The van der Waals surface area contributed by atoms with Crippen LogP contribution in [-0.2, 0) is 17.8 Å². The van der Waals surface area contributed by atoms with Crippen LogP contribution in [0.5, 0.6) is 11.5 Å². The molecule has 0 saturated carbocycles. The average Bonchev–Trinajstić information content (AvgIpc) is 3.06. The fourth-order valence-corrected chi connectivity index (χ4v) is 3.45. The molecular weight excluding hydrogens is 435 g/mol. The molecule has 11 heteroatoms. The van der Waals surface area contributed by atoms with Crippen molar-refractivity contribution in [3.8, 4) is 11.5 Å². The minimum atomic E-state index is -4.78. The van der Waals surface area contributed by atoms with E-state index < -0.39 is 18.2 Å². The zero-order chi connectivity index (χ0) is 23.2. The summed E-state index contributed by atoms with van der Waals surface area (Å²) in [6.45, 7) is 6.04. The highest BCUT2D eigenvalue weighted by Gasteiger charge is 2.31. The van der Waals surface area contributed by atoms with Gasteiger partial charge in [0, 0.05) is 4.88 Å². The summed E-state index contributed by atoms with van der Waals surface area (Å²) in [6.07, 6.45) is -3.27. The number of amides is 2. The molecule has 0 saturated heterocycles. The second kappa shape index (κ2) is 9.99. The molecule has 2 aromatic rings. The number of carbonyl (C=O) groups excluding carboxylic acids is 2. The van der Waals surface area contributed by atoms with Gasteiger partial charge in [0.05, 0.1) is 6.54 Å². The molecule has 0 fully saturated rings. The van der Waals surface area contributed by atoms with Gasteiger partial charge < -0.3 is 20.5 Å². The van der Waals surface area contributed by atoms with Gasteiger partial charge in [-0.2, -0.15) is 0 Å². The summed E-state index contributed by atoms with van der Waals surface area (Å²) < 4.78 is 45.5. The fraction of sp³-hybridized carbons (Fsp3) is 0.450. The fourth-order valence-electron chi connectivity index (χ4n) is 2.44. The Kier molecular flexibility index (Phi) is 7.88. The lowest BCUT2D eigenvalue weighted by Crippen LogP contribution is -2.28. The van der Waals surface area contributed by atoms with Crippen molar-refractivity contribution < 1.29 is 32.2 Å². The normalized spacial score (nSPS) is 11.8. The minimum Gasteiger partial charge on any atom is -0.484 e. The van der Waals surface area contributed by atoms with Crippen molar-refractivity contribution in [3.63, 3.8) is 0 Å². The number of hydrogen-bond donors (Lipinski definition) is 2. The number of thiazole rings is 1. The van der Waals surface area contributed by atoms with E-state index in [4.69, 9.17) is 10.5 Å². The van der Waals surface area contributed by atoms with Crippen LogP contribution in [-0.4, -0.2) is 29.8 Å². The van der Waals surface area contributed by atoms with Gasteiger partial charge in [0.1, 0.15) is 22.2 Å². The number of nitrogens with one attached hydrogen (secondary N) is 1. The van der Waals surface area contributed by atoms with Crippen LogP contribution in [0.2, 0.25) is 0 Å². The Labute approximate surface area is 181 Å². The highest BCUT2D eigenvalue weighted by Crippen LogP contribution is 2.27. The van der Waals surface area contributed by atoms with Gasteiger partial charge in [-0.3, -0.25) is 9.59 Å². The zero-order valence-corrected chi connectivity index (χ0v) is 18.2. The lowest BCUT2D eigenvalue weighted by atomic mass is 9.90. The van der Waals surface area contributed by atoms with E-state index in [9.17, 15) is 22.8 Å². The van der Waals surface area contributed by atoms with E-state index in [-0.39, 0.29) is 35.8 Å². The number of aromatic nitrogens is 1. The lowest BCUT2D eigenvalue weighted by Gasteiger charge is -2.17. The molecule has 1 aromatic heterocycles. The molecule has 0 atom stereocenters. The maximum Gasteiger partial charge on any atom is 0.573 e. The molecule has 31 heavy (non-hydrogen) atoms. The largest absolute Gasteiger partial charge is 0.573 e. The lowest BCUT2D eigenvalue weighted by molar-refractivity contribution is -0.274. The van der Waals surface area contributed by atoms with E-state index >= 15 is 0 Å². The first-order valence-corrected chi connectivity index (χ1v) is 10.2. The van der Waals surface area contributed by atoms with E-state index in [1.165, 1.54) is 23.5 Å². The summed E-state index contributed by atoms with van der Waals surface area (Å²) in [6, 6.07) is 4.69. The quantitative estimate of drug-likeness (QED) is 0.594. The van der Waals surface area contributed by atoms with Gasteiger partial charge in [-0.1, -0.05) is 20.8 Å². The molecule has 7 nitrogen and oxygen atoms in total. The Hall–Kier alpha value is -2.82. The smallest absolute Gasteiger partial charge is 0.484 e.